The highest BCUT2D eigenvalue weighted by Gasteiger charge is 2.06. The van der Waals surface area contributed by atoms with E-state index in [0.717, 1.165) is 24.3 Å². The molecule has 0 fully saturated rings. The Hall–Kier alpha value is -1.32. The summed E-state index contributed by atoms with van der Waals surface area (Å²) in [6.45, 7) is 5.20. The first-order valence-electron chi connectivity index (χ1n) is 4.91. The Morgan fingerprint density at radius 2 is 2.21 bits per heavy atom. The predicted octanol–water partition coefficient (Wildman–Crippen LogP) is 1.67. The van der Waals surface area contributed by atoms with Crippen molar-refractivity contribution in [2.75, 3.05) is 30.9 Å². The van der Waals surface area contributed by atoms with E-state index in [2.05, 4.69) is 34.2 Å². The van der Waals surface area contributed by atoms with Crippen LogP contribution >= 0.6 is 0 Å². The average molecular weight is 194 g/mol. The van der Waals surface area contributed by atoms with E-state index in [1.165, 1.54) is 0 Å². The fraction of sp³-hybridized carbons (Fsp3) is 0.600. The first-order valence-corrected chi connectivity index (χ1v) is 4.91. The molecule has 4 heteroatoms. The molecule has 0 aliphatic heterocycles. The van der Waals surface area contributed by atoms with E-state index in [-0.39, 0.29) is 0 Å². The molecule has 0 aliphatic carbocycles. The fourth-order valence-corrected chi connectivity index (χ4v) is 1.38. The van der Waals surface area contributed by atoms with Crippen molar-refractivity contribution in [1.82, 2.24) is 9.97 Å². The van der Waals surface area contributed by atoms with Crippen LogP contribution in [0.1, 0.15) is 18.9 Å². The second-order valence-electron chi connectivity index (χ2n) is 3.37. The standard InChI is InChI=1S/C10H18N4/c1-5-6-14(4)9-8(2)7-12-10(11-3)13-9/h7H,5-6H2,1-4H3,(H,11,12,13). The molecule has 1 rings (SSSR count). The third-order valence-corrected chi connectivity index (χ3v) is 2.09. The molecule has 0 atom stereocenters. The van der Waals surface area contributed by atoms with E-state index in [1.807, 2.05) is 20.2 Å². The highest BCUT2D eigenvalue weighted by atomic mass is 15.2. The van der Waals surface area contributed by atoms with Gasteiger partial charge in [-0.2, -0.15) is 4.98 Å². The summed E-state index contributed by atoms with van der Waals surface area (Å²) in [5.74, 6) is 1.68. The van der Waals surface area contributed by atoms with Crippen LogP contribution in [0.5, 0.6) is 0 Å². The summed E-state index contributed by atoms with van der Waals surface area (Å²) in [4.78, 5) is 10.7. The molecule has 1 aromatic heterocycles. The topological polar surface area (TPSA) is 41.1 Å². The van der Waals surface area contributed by atoms with Gasteiger partial charge in [-0.3, -0.25) is 0 Å². The molecule has 0 unspecified atom stereocenters. The molecule has 1 heterocycles. The van der Waals surface area contributed by atoms with E-state index in [4.69, 9.17) is 0 Å². The first-order chi connectivity index (χ1) is 6.69. The monoisotopic (exact) mass is 194 g/mol. The van der Waals surface area contributed by atoms with Gasteiger partial charge in [-0.25, -0.2) is 4.98 Å². The summed E-state index contributed by atoms with van der Waals surface area (Å²) in [6, 6.07) is 0. The molecule has 78 valence electrons. The maximum atomic E-state index is 4.41. The van der Waals surface area contributed by atoms with Gasteiger partial charge < -0.3 is 10.2 Å². The number of rotatable bonds is 4. The Morgan fingerprint density at radius 3 is 2.79 bits per heavy atom. The largest absolute Gasteiger partial charge is 0.359 e. The summed E-state index contributed by atoms with van der Waals surface area (Å²) < 4.78 is 0. The molecule has 1 N–H and O–H groups in total. The van der Waals surface area contributed by atoms with Crippen LogP contribution in [-0.4, -0.2) is 30.6 Å². The predicted molar refractivity (Wildman–Crippen MR) is 59.9 cm³/mol. The minimum atomic E-state index is 0.675. The maximum absolute atomic E-state index is 4.41. The van der Waals surface area contributed by atoms with Gasteiger partial charge in [0, 0.05) is 32.4 Å². The lowest BCUT2D eigenvalue weighted by Crippen LogP contribution is -2.20. The van der Waals surface area contributed by atoms with Crippen molar-refractivity contribution in [3.05, 3.63) is 11.8 Å². The van der Waals surface area contributed by atoms with Crippen molar-refractivity contribution >= 4 is 11.8 Å². The van der Waals surface area contributed by atoms with E-state index in [0.29, 0.717) is 5.95 Å². The van der Waals surface area contributed by atoms with E-state index in [9.17, 15) is 0 Å². The summed E-state index contributed by atoms with van der Waals surface area (Å²) in [5.41, 5.74) is 1.11. The molecule has 0 spiro atoms. The van der Waals surface area contributed by atoms with Gasteiger partial charge in [0.25, 0.3) is 0 Å². The molecule has 4 nitrogen and oxygen atoms in total. The molecular formula is C10H18N4. The van der Waals surface area contributed by atoms with Crippen LogP contribution in [-0.2, 0) is 0 Å². The summed E-state index contributed by atoms with van der Waals surface area (Å²) in [6.07, 6.45) is 2.97. The van der Waals surface area contributed by atoms with Crippen molar-refractivity contribution < 1.29 is 0 Å². The highest BCUT2D eigenvalue weighted by Crippen LogP contribution is 2.16. The van der Waals surface area contributed by atoms with Crippen LogP contribution in [0.3, 0.4) is 0 Å². The highest BCUT2D eigenvalue weighted by molar-refractivity contribution is 5.47. The quantitative estimate of drug-likeness (QED) is 0.791. The number of hydrogen-bond acceptors (Lipinski definition) is 4. The van der Waals surface area contributed by atoms with Crippen molar-refractivity contribution in [3.63, 3.8) is 0 Å². The second-order valence-corrected chi connectivity index (χ2v) is 3.37. The van der Waals surface area contributed by atoms with Crippen LogP contribution in [0.15, 0.2) is 6.20 Å². The van der Waals surface area contributed by atoms with Gasteiger partial charge in [0.05, 0.1) is 0 Å². The Kier molecular flexibility index (Phi) is 3.68. The SMILES string of the molecule is CCCN(C)c1nc(NC)ncc1C. The normalized spacial score (nSPS) is 10.0. The van der Waals surface area contributed by atoms with Crippen molar-refractivity contribution in [1.29, 1.82) is 0 Å². The third-order valence-electron chi connectivity index (χ3n) is 2.09. The minimum Gasteiger partial charge on any atom is -0.359 e. The van der Waals surface area contributed by atoms with Crippen LogP contribution in [0.25, 0.3) is 0 Å². The molecule has 1 aromatic rings. The van der Waals surface area contributed by atoms with Crippen molar-refractivity contribution in [2.45, 2.75) is 20.3 Å². The zero-order valence-corrected chi connectivity index (χ0v) is 9.33. The van der Waals surface area contributed by atoms with Crippen molar-refractivity contribution in [3.8, 4) is 0 Å². The van der Waals surface area contributed by atoms with Gasteiger partial charge in [-0.05, 0) is 13.3 Å². The van der Waals surface area contributed by atoms with Gasteiger partial charge in [0.15, 0.2) is 0 Å². The summed E-state index contributed by atoms with van der Waals surface area (Å²) in [5, 5.41) is 2.94. The van der Waals surface area contributed by atoms with Gasteiger partial charge in [0.2, 0.25) is 5.95 Å². The smallest absolute Gasteiger partial charge is 0.224 e. The molecule has 0 aliphatic rings. The number of hydrogen-bond donors (Lipinski definition) is 1. The lowest BCUT2D eigenvalue weighted by Gasteiger charge is -2.19. The molecular weight excluding hydrogens is 176 g/mol. The molecule has 0 amide bonds. The minimum absolute atomic E-state index is 0.675. The lowest BCUT2D eigenvalue weighted by molar-refractivity contribution is 0.830. The van der Waals surface area contributed by atoms with Crippen LogP contribution < -0.4 is 10.2 Å². The Balaban J connectivity index is 2.93. The van der Waals surface area contributed by atoms with Crippen LogP contribution in [0, 0.1) is 6.92 Å². The van der Waals surface area contributed by atoms with Crippen LogP contribution in [0.2, 0.25) is 0 Å². The number of nitrogens with zero attached hydrogens (tertiary/aromatic N) is 3. The van der Waals surface area contributed by atoms with E-state index < -0.39 is 0 Å². The molecule has 0 saturated carbocycles. The second kappa shape index (κ2) is 4.79. The average Bonchev–Trinajstić information content (AvgIpc) is 2.19. The van der Waals surface area contributed by atoms with Gasteiger partial charge in [-0.15, -0.1) is 0 Å². The zero-order chi connectivity index (χ0) is 10.6. The number of anilines is 2. The molecule has 0 radical (unpaired) electrons. The van der Waals surface area contributed by atoms with Crippen molar-refractivity contribution in [2.24, 2.45) is 0 Å². The lowest BCUT2D eigenvalue weighted by atomic mass is 10.3. The summed E-state index contributed by atoms with van der Waals surface area (Å²) >= 11 is 0. The Labute approximate surface area is 85.4 Å². The molecule has 0 bridgehead atoms. The Bertz CT molecular complexity index is 298. The first kappa shape index (κ1) is 10.8. The maximum Gasteiger partial charge on any atom is 0.224 e. The van der Waals surface area contributed by atoms with Crippen LogP contribution in [0.4, 0.5) is 11.8 Å². The molecule has 0 saturated heterocycles. The van der Waals surface area contributed by atoms with E-state index >= 15 is 0 Å². The van der Waals surface area contributed by atoms with E-state index in [1.54, 1.807) is 0 Å². The molecule has 0 aromatic carbocycles. The van der Waals surface area contributed by atoms with Gasteiger partial charge >= 0.3 is 0 Å². The summed E-state index contributed by atoms with van der Waals surface area (Å²) in [7, 11) is 3.88. The molecule has 14 heavy (non-hydrogen) atoms. The van der Waals surface area contributed by atoms with Gasteiger partial charge in [-0.1, -0.05) is 6.92 Å². The third kappa shape index (κ3) is 2.34. The zero-order valence-electron chi connectivity index (χ0n) is 9.33. The number of aromatic nitrogens is 2. The Morgan fingerprint density at radius 1 is 1.50 bits per heavy atom. The van der Waals surface area contributed by atoms with Gasteiger partial charge in [0.1, 0.15) is 5.82 Å². The number of nitrogens with one attached hydrogen (secondary N) is 1. The number of aryl methyl sites for hydroxylation is 1. The fourth-order valence-electron chi connectivity index (χ4n) is 1.38.